The highest BCUT2D eigenvalue weighted by Crippen LogP contribution is 2.77. The van der Waals surface area contributed by atoms with E-state index in [0.29, 0.717) is 86.5 Å². The van der Waals surface area contributed by atoms with Crippen LogP contribution in [0.4, 0.5) is 30.2 Å². The van der Waals surface area contributed by atoms with E-state index in [2.05, 4.69) is 51.4 Å². The van der Waals surface area contributed by atoms with Crippen molar-refractivity contribution in [1.29, 1.82) is 0 Å². The third-order valence-corrected chi connectivity index (χ3v) is 23.7. The lowest BCUT2D eigenvalue weighted by molar-refractivity contribution is -0.167. The van der Waals surface area contributed by atoms with Crippen LogP contribution < -0.4 is 25.6 Å². The van der Waals surface area contributed by atoms with E-state index in [-0.39, 0.29) is 41.2 Å². The number of hydrogen-bond acceptors (Lipinski definition) is 16. The summed E-state index contributed by atoms with van der Waals surface area (Å²) < 4.78 is 99.9. The van der Waals surface area contributed by atoms with Gasteiger partial charge in [-0.05, 0) is 147 Å². The molecule has 92 heavy (non-hydrogen) atoms. The van der Waals surface area contributed by atoms with E-state index in [1.165, 1.54) is 62.1 Å². The number of rotatable bonds is 25. The first-order chi connectivity index (χ1) is 43.7. The molecule has 25 heteroatoms. The number of amides is 6. The highest BCUT2D eigenvalue weighted by atomic mass is 32.2. The van der Waals surface area contributed by atoms with E-state index in [0.717, 1.165) is 86.0 Å². The molecule has 1 unspecified atom stereocenters. The Kier molecular flexibility index (Phi) is 19.5. The molecule has 3 saturated heterocycles. The second-order valence-electron chi connectivity index (χ2n) is 27.1. The minimum atomic E-state index is -6.15. The standard InChI is InChI=1S/C67H82F3N9O10S3/c1-64(2)27-25-46(52(39-64)66-42-65(3,43-66)44-66)40-76-32-34-77(35-33-76)48-19-17-45(18-20-48)60(82)74-92(88,89)50-21-22-53(56(38-50)91(86,87)67(68,69)70)72-47(41-90-49-12-7-6-8-13-49)26-29-75-30-36-78(37-31-75)58(81)16-9-4-5-10-28-71-54-15-11-14-51-59(54)63(85)79(62(51)84)55-23-24-57(80)73-61(55)83/h6-8,11-15,17-22,38,47,55,71-72H,4-5,9-10,16,23-37,39-44H2,1-3H3,(H,74,82)(H,73,80,83)/t47-,55?,65?,66?/m1/s1. The normalized spacial score (nSPS) is 23.2. The molecule has 2 bridgehead atoms. The molecule has 4 N–H and O–H groups in total. The fourth-order valence-electron chi connectivity index (χ4n) is 14.8. The van der Waals surface area contributed by atoms with Crippen LogP contribution >= 0.6 is 11.8 Å². The monoisotopic (exact) mass is 1330 g/mol. The highest BCUT2D eigenvalue weighted by Gasteiger charge is 2.67. The van der Waals surface area contributed by atoms with Crippen molar-refractivity contribution < 1.29 is 58.8 Å². The number of anilines is 3. The fraction of sp³-hybridized carbons (Fsp3) is 0.522. The van der Waals surface area contributed by atoms with Gasteiger partial charge in [0.25, 0.3) is 37.6 Å². The number of carbonyl (C=O) groups excluding carboxylic acids is 6. The molecule has 4 aliphatic carbocycles. The Morgan fingerprint density at radius 3 is 2.14 bits per heavy atom. The number of benzene rings is 4. The molecular formula is C67H82F3N9O10S3. The highest BCUT2D eigenvalue weighted by molar-refractivity contribution is 7.99. The molecule has 4 aromatic carbocycles. The van der Waals surface area contributed by atoms with Gasteiger partial charge in [0.05, 0.1) is 21.7 Å². The van der Waals surface area contributed by atoms with Crippen molar-refractivity contribution in [1.82, 2.24) is 29.6 Å². The Bertz CT molecular complexity index is 3740. The van der Waals surface area contributed by atoms with Crippen molar-refractivity contribution in [3.63, 3.8) is 0 Å². The van der Waals surface area contributed by atoms with Gasteiger partial charge >= 0.3 is 5.51 Å². The lowest BCUT2D eigenvalue weighted by Crippen LogP contribution is -2.61. The van der Waals surface area contributed by atoms with Crippen LogP contribution in [0, 0.1) is 16.2 Å². The van der Waals surface area contributed by atoms with Gasteiger partial charge in [-0.15, -0.1) is 11.8 Å². The summed E-state index contributed by atoms with van der Waals surface area (Å²) in [6, 6.07) is 21.3. The van der Waals surface area contributed by atoms with E-state index in [1.807, 2.05) is 35.1 Å². The number of carbonyl (C=O) groups is 6. The maximum atomic E-state index is 14.5. The van der Waals surface area contributed by atoms with Gasteiger partial charge in [0.1, 0.15) is 10.9 Å². The van der Waals surface area contributed by atoms with Crippen LogP contribution in [-0.4, -0.2) is 167 Å². The van der Waals surface area contributed by atoms with Gasteiger partial charge in [-0.3, -0.25) is 48.8 Å². The fourth-order valence-corrected chi connectivity index (χ4v) is 17.8. The molecule has 12 rings (SSSR count). The predicted octanol–water partition coefficient (Wildman–Crippen LogP) is 9.49. The Morgan fingerprint density at radius 2 is 1.46 bits per heavy atom. The van der Waals surface area contributed by atoms with Crippen LogP contribution in [0.3, 0.4) is 0 Å². The summed E-state index contributed by atoms with van der Waals surface area (Å²) in [5.41, 5.74) is 0.0923. The number of nitrogens with one attached hydrogen (secondary N) is 4. The number of fused-ring (bicyclic) bond motifs is 1. The maximum Gasteiger partial charge on any atom is 0.501 e. The van der Waals surface area contributed by atoms with Crippen LogP contribution in [-0.2, 0) is 34.2 Å². The zero-order chi connectivity index (χ0) is 65.4. The van der Waals surface area contributed by atoms with Gasteiger partial charge < -0.3 is 20.4 Å². The summed E-state index contributed by atoms with van der Waals surface area (Å²) >= 11 is 1.41. The molecule has 0 spiro atoms. The lowest BCUT2D eigenvalue weighted by Gasteiger charge is -2.72. The smallest absolute Gasteiger partial charge is 0.384 e. The molecule has 8 aliphatic rings. The van der Waals surface area contributed by atoms with Crippen molar-refractivity contribution in [3.8, 4) is 0 Å². The molecule has 6 amide bonds. The summed E-state index contributed by atoms with van der Waals surface area (Å²) in [5, 5.41) is 8.47. The third-order valence-electron chi connectivity index (χ3n) is 19.7. The number of halogens is 3. The summed E-state index contributed by atoms with van der Waals surface area (Å²) in [5.74, 6) is -3.04. The van der Waals surface area contributed by atoms with E-state index in [1.54, 1.807) is 40.3 Å². The SMILES string of the molecule is CC1(C)CCC(CN2CCN(c3ccc(C(=O)NS(=O)(=O)c4ccc(N[C@H](CCN5CCN(C(=O)CCCCCCNc6cccc7c6C(=O)N(C6CCC(=O)NC6=O)C7=O)CC5)CSc5ccccc5)c(S(=O)(=O)C(F)(F)F)c4)cc3)CC2)=C(C23CC(C)(C2)C3)C1. The first-order valence-electron chi connectivity index (χ1n) is 32.0. The quantitative estimate of drug-likeness (QED) is 0.0209. The van der Waals surface area contributed by atoms with Crippen LogP contribution in [0.5, 0.6) is 0 Å². The van der Waals surface area contributed by atoms with Crippen LogP contribution in [0.15, 0.2) is 117 Å². The van der Waals surface area contributed by atoms with E-state index in [9.17, 15) is 58.8 Å². The van der Waals surface area contributed by atoms with Gasteiger partial charge in [0, 0.05) is 118 Å². The Labute approximate surface area is 541 Å². The average molecular weight is 1330 g/mol. The molecule has 494 valence electrons. The number of sulfone groups is 1. The molecule has 2 atom stereocenters. The number of allylic oxidation sites excluding steroid dienone is 1. The number of sulfonamides is 1. The summed E-state index contributed by atoms with van der Waals surface area (Å²) in [6.45, 7) is 14.3. The lowest BCUT2D eigenvalue weighted by atomic mass is 9.33. The van der Waals surface area contributed by atoms with Crippen LogP contribution in [0.25, 0.3) is 0 Å². The topological polar surface area (TPSA) is 235 Å². The molecule has 3 saturated carbocycles. The van der Waals surface area contributed by atoms with Crippen molar-refractivity contribution in [2.75, 3.05) is 93.3 Å². The number of nitrogens with zero attached hydrogens (tertiary/aromatic N) is 5. The molecule has 6 fully saturated rings. The summed E-state index contributed by atoms with van der Waals surface area (Å²) in [7, 11) is -11.1. The third kappa shape index (κ3) is 14.6. The number of piperazine rings is 2. The Morgan fingerprint density at radius 1 is 0.761 bits per heavy atom. The van der Waals surface area contributed by atoms with Crippen molar-refractivity contribution in [2.24, 2.45) is 16.2 Å². The predicted molar refractivity (Wildman–Crippen MR) is 345 cm³/mol. The molecule has 4 aromatic rings. The molecular weight excluding hydrogens is 1240 g/mol. The summed E-state index contributed by atoms with van der Waals surface area (Å²) in [6.07, 6.45) is 11.2. The number of unbranched alkanes of at least 4 members (excludes halogenated alkanes) is 3. The minimum Gasteiger partial charge on any atom is -0.384 e. The number of alkyl halides is 3. The van der Waals surface area contributed by atoms with Gasteiger partial charge in [-0.2, -0.15) is 13.2 Å². The van der Waals surface area contributed by atoms with Gasteiger partial charge in [0.2, 0.25) is 17.7 Å². The van der Waals surface area contributed by atoms with E-state index >= 15 is 0 Å². The first kappa shape index (κ1) is 66.6. The molecule has 0 radical (unpaired) electrons. The van der Waals surface area contributed by atoms with E-state index in [4.69, 9.17) is 0 Å². The van der Waals surface area contributed by atoms with Crippen molar-refractivity contribution >= 4 is 84.1 Å². The number of thioether (sulfide) groups is 1. The second-order valence-corrected chi connectivity index (χ2v) is 31.8. The van der Waals surface area contributed by atoms with Crippen LogP contribution in [0.2, 0.25) is 0 Å². The molecule has 0 aromatic heterocycles. The number of piperidine rings is 1. The summed E-state index contributed by atoms with van der Waals surface area (Å²) in [4.78, 5) is 86.1. The Balaban J connectivity index is 0.654. The Hall–Kier alpha value is -6.80. The molecule has 4 aliphatic heterocycles. The second kappa shape index (κ2) is 26.9. The molecule has 4 heterocycles. The van der Waals surface area contributed by atoms with E-state index < -0.39 is 82.5 Å². The van der Waals surface area contributed by atoms with Gasteiger partial charge in [0.15, 0.2) is 0 Å². The largest absolute Gasteiger partial charge is 0.501 e. The minimum absolute atomic E-state index is 0.0108. The van der Waals surface area contributed by atoms with Crippen molar-refractivity contribution in [3.05, 3.63) is 119 Å². The van der Waals surface area contributed by atoms with Crippen molar-refractivity contribution in [2.45, 2.75) is 143 Å². The molecule has 19 nitrogen and oxygen atoms in total. The number of imide groups is 2. The maximum absolute atomic E-state index is 14.5. The first-order valence-corrected chi connectivity index (χ1v) is 36.0. The average Bonchev–Trinajstić information content (AvgIpc) is 0.778. The van der Waals surface area contributed by atoms with Crippen LogP contribution in [0.1, 0.15) is 142 Å². The zero-order valence-corrected chi connectivity index (χ0v) is 54.8. The van der Waals surface area contributed by atoms with Gasteiger partial charge in [-0.1, -0.05) is 69.0 Å². The zero-order valence-electron chi connectivity index (χ0n) is 52.4. The van der Waals surface area contributed by atoms with Gasteiger partial charge in [-0.25, -0.2) is 21.6 Å². The number of hydrogen-bond donors (Lipinski definition) is 4.